The van der Waals surface area contributed by atoms with E-state index in [1.54, 1.807) is 6.26 Å². The molecule has 1 N–H and O–H groups in total. The highest BCUT2D eigenvalue weighted by Gasteiger charge is 2.21. The zero-order valence-electron chi connectivity index (χ0n) is 10.9. The monoisotopic (exact) mass is 327 g/mol. The van der Waals surface area contributed by atoms with Gasteiger partial charge in [0.2, 0.25) is 0 Å². The lowest BCUT2D eigenvalue weighted by Crippen LogP contribution is -2.22. The lowest BCUT2D eigenvalue weighted by molar-refractivity contribution is 0.447. The van der Waals surface area contributed by atoms with E-state index in [2.05, 4.69) is 48.1 Å². The molecular formula is C14H18BrNOS. The summed E-state index contributed by atoms with van der Waals surface area (Å²) < 4.78 is 6.65. The first-order valence-corrected chi connectivity index (χ1v) is 7.77. The number of aryl methyl sites for hydroxylation is 2. The minimum Gasteiger partial charge on any atom is -0.466 e. The second kappa shape index (κ2) is 6.04. The van der Waals surface area contributed by atoms with E-state index >= 15 is 0 Å². The van der Waals surface area contributed by atoms with E-state index in [1.807, 2.05) is 17.4 Å². The van der Waals surface area contributed by atoms with Crippen LogP contribution in [0, 0.1) is 13.8 Å². The lowest BCUT2D eigenvalue weighted by Gasteiger charge is -2.15. The van der Waals surface area contributed by atoms with E-state index in [-0.39, 0.29) is 6.04 Å². The van der Waals surface area contributed by atoms with Gasteiger partial charge in [-0.3, -0.25) is 0 Å². The summed E-state index contributed by atoms with van der Waals surface area (Å²) in [6.07, 6.45) is 2.84. The van der Waals surface area contributed by atoms with Crippen molar-refractivity contribution in [3.8, 4) is 0 Å². The summed E-state index contributed by atoms with van der Waals surface area (Å²) in [5.74, 6) is 0.963. The fourth-order valence-corrected chi connectivity index (χ4v) is 3.41. The van der Waals surface area contributed by atoms with Crippen LogP contribution in [0.1, 0.15) is 40.5 Å². The van der Waals surface area contributed by atoms with Crippen LogP contribution in [0.2, 0.25) is 0 Å². The summed E-state index contributed by atoms with van der Waals surface area (Å²) in [7, 11) is 0. The van der Waals surface area contributed by atoms with Gasteiger partial charge >= 0.3 is 0 Å². The van der Waals surface area contributed by atoms with Crippen molar-refractivity contribution >= 4 is 27.3 Å². The minimum absolute atomic E-state index is 0.145. The first-order valence-electron chi connectivity index (χ1n) is 6.16. The minimum atomic E-state index is 0.145. The van der Waals surface area contributed by atoms with Gasteiger partial charge < -0.3 is 9.73 Å². The van der Waals surface area contributed by atoms with E-state index < -0.39 is 0 Å². The molecule has 0 saturated carbocycles. The molecule has 0 aliphatic rings. The van der Waals surface area contributed by atoms with Crippen molar-refractivity contribution in [2.45, 2.75) is 33.2 Å². The van der Waals surface area contributed by atoms with Crippen molar-refractivity contribution in [1.29, 1.82) is 0 Å². The Balaban J connectivity index is 2.33. The first-order chi connectivity index (χ1) is 8.63. The molecule has 2 aromatic heterocycles. The molecule has 0 bridgehead atoms. The first kappa shape index (κ1) is 13.8. The van der Waals surface area contributed by atoms with Crippen LogP contribution in [0.3, 0.4) is 0 Å². The Morgan fingerprint density at radius 3 is 2.72 bits per heavy atom. The average Bonchev–Trinajstić information content (AvgIpc) is 2.88. The van der Waals surface area contributed by atoms with Crippen LogP contribution < -0.4 is 5.32 Å². The van der Waals surface area contributed by atoms with Crippen molar-refractivity contribution < 1.29 is 4.42 Å². The molecule has 0 fully saturated rings. The summed E-state index contributed by atoms with van der Waals surface area (Å²) >= 11 is 5.39. The highest BCUT2D eigenvalue weighted by atomic mass is 79.9. The Morgan fingerprint density at radius 2 is 2.22 bits per heavy atom. The molecule has 98 valence electrons. The molecule has 0 aromatic carbocycles. The molecule has 2 rings (SSSR count). The zero-order chi connectivity index (χ0) is 13.1. The van der Waals surface area contributed by atoms with Gasteiger partial charge in [-0.05, 0) is 60.4 Å². The van der Waals surface area contributed by atoms with Crippen LogP contribution in [-0.4, -0.2) is 6.54 Å². The summed E-state index contributed by atoms with van der Waals surface area (Å²) in [6.45, 7) is 7.47. The van der Waals surface area contributed by atoms with Gasteiger partial charge in [-0.2, -0.15) is 0 Å². The molecule has 0 radical (unpaired) electrons. The quantitative estimate of drug-likeness (QED) is 0.852. The fourth-order valence-electron chi connectivity index (χ4n) is 1.87. The normalized spacial score (nSPS) is 12.9. The van der Waals surface area contributed by atoms with Crippen molar-refractivity contribution in [3.05, 3.63) is 43.9 Å². The number of thiophene rings is 1. The number of halogens is 1. The predicted octanol–water partition coefficient (Wildman–Crippen LogP) is 4.81. The molecule has 2 heterocycles. The molecule has 2 nitrogen and oxygen atoms in total. The average molecular weight is 328 g/mol. The maximum atomic E-state index is 5.62. The lowest BCUT2D eigenvalue weighted by atomic mass is 10.1. The SMILES string of the molecule is CCCNC(c1cc(C)c(C)s1)c1occc1Br. The Bertz CT molecular complexity index is 498. The molecule has 0 aliphatic carbocycles. The number of rotatable bonds is 5. The van der Waals surface area contributed by atoms with E-state index in [1.165, 1.54) is 15.3 Å². The van der Waals surface area contributed by atoms with Crippen molar-refractivity contribution in [3.63, 3.8) is 0 Å². The molecule has 0 aliphatic heterocycles. The molecule has 0 spiro atoms. The van der Waals surface area contributed by atoms with Crippen LogP contribution >= 0.6 is 27.3 Å². The molecule has 1 atom stereocenters. The van der Waals surface area contributed by atoms with Gasteiger partial charge in [0.1, 0.15) is 11.8 Å². The van der Waals surface area contributed by atoms with Crippen LogP contribution in [0.4, 0.5) is 0 Å². The summed E-state index contributed by atoms with van der Waals surface area (Å²) in [4.78, 5) is 2.69. The largest absolute Gasteiger partial charge is 0.466 e. The third kappa shape index (κ3) is 2.87. The van der Waals surface area contributed by atoms with Gasteiger partial charge in [0, 0.05) is 9.75 Å². The standard InChI is InChI=1S/C14H18BrNOS/c1-4-6-16-13(14-11(15)5-7-17-14)12-8-9(2)10(3)18-12/h5,7-8,13,16H,4,6H2,1-3H3. The van der Waals surface area contributed by atoms with Gasteiger partial charge in [-0.15, -0.1) is 11.3 Å². The third-order valence-corrected chi connectivity index (χ3v) is 4.85. The number of nitrogens with one attached hydrogen (secondary N) is 1. The topological polar surface area (TPSA) is 25.2 Å². The number of furan rings is 1. The Morgan fingerprint density at radius 1 is 1.44 bits per heavy atom. The second-order valence-electron chi connectivity index (χ2n) is 4.41. The van der Waals surface area contributed by atoms with E-state index in [4.69, 9.17) is 4.42 Å². The Labute approximate surface area is 121 Å². The Hall–Kier alpha value is -0.580. The van der Waals surface area contributed by atoms with Crippen LogP contribution in [0.5, 0.6) is 0 Å². The maximum Gasteiger partial charge on any atom is 0.140 e. The molecule has 18 heavy (non-hydrogen) atoms. The zero-order valence-corrected chi connectivity index (χ0v) is 13.3. The molecule has 2 aromatic rings. The smallest absolute Gasteiger partial charge is 0.140 e. The third-order valence-electron chi connectivity index (χ3n) is 2.97. The molecule has 0 saturated heterocycles. The highest BCUT2D eigenvalue weighted by Crippen LogP contribution is 2.34. The molecule has 4 heteroatoms. The maximum absolute atomic E-state index is 5.62. The number of hydrogen-bond acceptors (Lipinski definition) is 3. The summed E-state index contributed by atoms with van der Waals surface area (Å²) in [6, 6.07) is 4.35. The van der Waals surface area contributed by atoms with Crippen molar-refractivity contribution in [1.82, 2.24) is 5.32 Å². The summed E-state index contributed by atoms with van der Waals surface area (Å²) in [5.41, 5.74) is 1.35. The van der Waals surface area contributed by atoms with E-state index in [0.29, 0.717) is 0 Å². The van der Waals surface area contributed by atoms with Crippen molar-refractivity contribution in [2.75, 3.05) is 6.54 Å². The molecule has 0 amide bonds. The Kier molecular flexibility index (Phi) is 4.65. The molecule has 1 unspecified atom stereocenters. The number of hydrogen-bond donors (Lipinski definition) is 1. The van der Waals surface area contributed by atoms with Gasteiger partial charge in [-0.25, -0.2) is 0 Å². The summed E-state index contributed by atoms with van der Waals surface area (Å²) in [5, 5.41) is 3.56. The van der Waals surface area contributed by atoms with Crippen LogP contribution in [0.25, 0.3) is 0 Å². The molecular weight excluding hydrogens is 310 g/mol. The second-order valence-corrected chi connectivity index (χ2v) is 6.55. The van der Waals surface area contributed by atoms with E-state index in [0.717, 1.165) is 23.2 Å². The van der Waals surface area contributed by atoms with Crippen LogP contribution in [0.15, 0.2) is 27.3 Å². The van der Waals surface area contributed by atoms with E-state index in [9.17, 15) is 0 Å². The van der Waals surface area contributed by atoms with Gasteiger partial charge in [0.05, 0.1) is 10.7 Å². The van der Waals surface area contributed by atoms with Crippen molar-refractivity contribution in [2.24, 2.45) is 0 Å². The fraction of sp³-hybridized carbons (Fsp3) is 0.429. The van der Waals surface area contributed by atoms with Gasteiger partial charge in [-0.1, -0.05) is 6.92 Å². The predicted molar refractivity (Wildman–Crippen MR) is 80.3 cm³/mol. The highest BCUT2D eigenvalue weighted by molar-refractivity contribution is 9.10. The van der Waals surface area contributed by atoms with Gasteiger partial charge in [0.25, 0.3) is 0 Å². The van der Waals surface area contributed by atoms with Crippen LogP contribution in [-0.2, 0) is 0 Å². The van der Waals surface area contributed by atoms with Gasteiger partial charge in [0.15, 0.2) is 0 Å².